The third kappa shape index (κ3) is 5.12. The van der Waals surface area contributed by atoms with Gasteiger partial charge in [-0.3, -0.25) is 14.4 Å². The maximum Gasteiger partial charge on any atom is 0.312 e. The average molecular weight is 417 g/mol. The number of nitrogens with zero attached hydrogens (tertiary/aromatic N) is 1. The highest BCUT2D eigenvalue weighted by molar-refractivity contribution is 5.86. The van der Waals surface area contributed by atoms with Crippen molar-refractivity contribution >= 4 is 17.8 Å². The van der Waals surface area contributed by atoms with Gasteiger partial charge in [-0.2, -0.15) is 0 Å². The van der Waals surface area contributed by atoms with Crippen molar-refractivity contribution in [3.05, 3.63) is 29.8 Å². The number of nitrogens with one attached hydrogen (secondary N) is 1. The summed E-state index contributed by atoms with van der Waals surface area (Å²) < 4.78 is 11.1. The van der Waals surface area contributed by atoms with Gasteiger partial charge in [0.15, 0.2) is 6.10 Å². The Balaban J connectivity index is 1.84. The Kier molecular flexibility index (Phi) is 7.34. The van der Waals surface area contributed by atoms with E-state index in [4.69, 9.17) is 9.47 Å². The minimum absolute atomic E-state index is 0.0305. The summed E-state index contributed by atoms with van der Waals surface area (Å²) in [5.41, 5.74) is 0.793. The normalized spacial score (nSPS) is 22.4. The molecule has 2 aliphatic rings. The van der Waals surface area contributed by atoms with E-state index in [1.54, 1.807) is 18.9 Å². The Morgan fingerprint density at radius 3 is 2.63 bits per heavy atom. The molecule has 3 rings (SSSR count). The van der Waals surface area contributed by atoms with Gasteiger partial charge >= 0.3 is 5.97 Å². The summed E-state index contributed by atoms with van der Waals surface area (Å²) in [6, 6.07) is 7.20. The van der Waals surface area contributed by atoms with Crippen LogP contribution in [-0.4, -0.2) is 48.5 Å². The number of benzene rings is 1. The van der Waals surface area contributed by atoms with Crippen LogP contribution in [0.25, 0.3) is 0 Å². The molecule has 3 atom stereocenters. The molecule has 2 amide bonds. The second kappa shape index (κ2) is 9.96. The first-order chi connectivity index (χ1) is 14.5. The van der Waals surface area contributed by atoms with Gasteiger partial charge in [0.05, 0.1) is 19.1 Å². The quantitative estimate of drug-likeness (QED) is 0.626. The van der Waals surface area contributed by atoms with E-state index < -0.39 is 24.0 Å². The van der Waals surface area contributed by atoms with Gasteiger partial charge in [0.1, 0.15) is 5.75 Å². The summed E-state index contributed by atoms with van der Waals surface area (Å²) in [6.45, 7) is 4.23. The smallest absolute Gasteiger partial charge is 0.312 e. The number of unbranched alkanes of at least 4 members (excludes halogenated alkanes) is 1. The van der Waals surface area contributed by atoms with Gasteiger partial charge in [-0.25, -0.2) is 0 Å². The Morgan fingerprint density at radius 2 is 1.97 bits per heavy atom. The molecule has 1 aromatic rings. The number of likely N-dealkylation sites (tertiary alicyclic amines) is 1. The molecule has 1 N–H and O–H groups in total. The van der Waals surface area contributed by atoms with Crippen molar-refractivity contribution in [1.29, 1.82) is 0 Å². The van der Waals surface area contributed by atoms with E-state index >= 15 is 0 Å². The van der Waals surface area contributed by atoms with Crippen molar-refractivity contribution in [3.8, 4) is 5.75 Å². The average Bonchev–Trinajstić information content (AvgIpc) is 3.56. The van der Waals surface area contributed by atoms with Gasteiger partial charge in [-0.05, 0) is 38.7 Å². The number of hydrogen-bond donors (Lipinski definition) is 1. The molecule has 0 aromatic heterocycles. The number of ether oxygens (including phenoxy) is 2. The lowest BCUT2D eigenvalue weighted by Gasteiger charge is -2.41. The van der Waals surface area contributed by atoms with Gasteiger partial charge in [0.2, 0.25) is 5.91 Å². The molecular formula is C23H32N2O5. The van der Waals surface area contributed by atoms with Crippen molar-refractivity contribution in [1.82, 2.24) is 10.2 Å². The van der Waals surface area contributed by atoms with E-state index in [9.17, 15) is 14.4 Å². The first kappa shape index (κ1) is 22.1. The number of carbonyl (C=O) groups excluding carboxylic acids is 3. The lowest BCUT2D eigenvalue weighted by molar-refractivity contribution is -0.165. The monoisotopic (exact) mass is 416 g/mol. The Hall–Kier alpha value is -2.57. The van der Waals surface area contributed by atoms with Crippen LogP contribution in [0.4, 0.5) is 0 Å². The molecule has 1 aromatic carbocycles. The molecule has 164 valence electrons. The van der Waals surface area contributed by atoms with Crippen LogP contribution < -0.4 is 10.1 Å². The molecule has 0 unspecified atom stereocenters. The third-order valence-corrected chi connectivity index (χ3v) is 5.81. The Labute approximate surface area is 178 Å². The van der Waals surface area contributed by atoms with Gasteiger partial charge in [-0.1, -0.05) is 31.5 Å². The maximum atomic E-state index is 13.1. The van der Waals surface area contributed by atoms with Gasteiger partial charge < -0.3 is 19.7 Å². The molecule has 1 saturated carbocycles. The lowest BCUT2D eigenvalue weighted by atomic mass is 9.83. The lowest BCUT2D eigenvalue weighted by Crippen LogP contribution is -2.47. The maximum absolute atomic E-state index is 13.1. The molecular weight excluding hydrogens is 384 g/mol. The number of esters is 1. The van der Waals surface area contributed by atoms with Crippen LogP contribution in [0.2, 0.25) is 0 Å². The van der Waals surface area contributed by atoms with Crippen molar-refractivity contribution in [3.63, 3.8) is 0 Å². The molecule has 2 fully saturated rings. The number of hydrogen-bond acceptors (Lipinski definition) is 5. The summed E-state index contributed by atoms with van der Waals surface area (Å²) in [4.78, 5) is 40.0. The first-order valence-corrected chi connectivity index (χ1v) is 10.9. The molecule has 1 saturated heterocycles. The number of amides is 2. The zero-order valence-corrected chi connectivity index (χ0v) is 18.1. The predicted octanol–water partition coefficient (Wildman–Crippen LogP) is 2.99. The number of rotatable bonds is 9. The van der Waals surface area contributed by atoms with Crippen molar-refractivity contribution in [2.45, 2.75) is 70.6 Å². The zero-order chi connectivity index (χ0) is 21.7. The number of carbonyl (C=O) groups is 3. The minimum Gasteiger partial charge on any atom is -0.496 e. The largest absolute Gasteiger partial charge is 0.496 e. The Morgan fingerprint density at radius 1 is 1.23 bits per heavy atom. The molecule has 1 heterocycles. The van der Waals surface area contributed by atoms with E-state index in [1.165, 1.54) is 0 Å². The molecule has 30 heavy (non-hydrogen) atoms. The summed E-state index contributed by atoms with van der Waals surface area (Å²) in [5.74, 6) is -0.598. The molecule has 0 bridgehead atoms. The van der Waals surface area contributed by atoms with E-state index in [0.29, 0.717) is 18.7 Å². The number of piperidine rings is 1. The van der Waals surface area contributed by atoms with E-state index in [0.717, 1.165) is 31.2 Å². The Bertz CT molecular complexity index is 777. The fraction of sp³-hybridized carbons (Fsp3) is 0.609. The van der Waals surface area contributed by atoms with Gasteiger partial charge in [-0.15, -0.1) is 0 Å². The van der Waals surface area contributed by atoms with E-state index in [-0.39, 0.29) is 24.3 Å². The second-order valence-corrected chi connectivity index (χ2v) is 8.13. The highest BCUT2D eigenvalue weighted by Gasteiger charge is 2.43. The van der Waals surface area contributed by atoms with Crippen LogP contribution >= 0.6 is 0 Å². The van der Waals surface area contributed by atoms with Gasteiger partial charge in [0, 0.05) is 24.6 Å². The zero-order valence-electron chi connectivity index (χ0n) is 18.1. The van der Waals surface area contributed by atoms with Crippen molar-refractivity contribution in [2.75, 3.05) is 13.7 Å². The minimum atomic E-state index is -0.863. The predicted molar refractivity (Wildman–Crippen MR) is 112 cm³/mol. The summed E-state index contributed by atoms with van der Waals surface area (Å²) in [6.07, 6.45) is 3.55. The summed E-state index contributed by atoms with van der Waals surface area (Å²) in [7, 11) is 1.58. The van der Waals surface area contributed by atoms with Crippen LogP contribution in [0.5, 0.6) is 5.75 Å². The molecule has 1 aliphatic heterocycles. The standard InChI is InChI=1S/C23H32N2O5/c1-4-5-14-25-20(26)13-12-18(21(25)17-8-6-7-9-19(17)29-3)23(28)30-15(2)22(27)24-16-10-11-16/h6-9,15-16,18,21H,4-5,10-14H2,1-3H3,(H,24,27)/t15-,18+,21-/m0/s1. The first-order valence-electron chi connectivity index (χ1n) is 10.9. The molecule has 1 aliphatic carbocycles. The topological polar surface area (TPSA) is 84.9 Å². The van der Waals surface area contributed by atoms with Crippen molar-refractivity contribution < 1.29 is 23.9 Å². The molecule has 0 spiro atoms. The van der Waals surface area contributed by atoms with E-state index in [2.05, 4.69) is 12.2 Å². The summed E-state index contributed by atoms with van der Waals surface area (Å²) in [5, 5.41) is 2.87. The highest BCUT2D eigenvalue weighted by atomic mass is 16.5. The highest BCUT2D eigenvalue weighted by Crippen LogP contribution is 2.41. The fourth-order valence-corrected chi connectivity index (χ4v) is 3.95. The van der Waals surface area contributed by atoms with Crippen LogP contribution in [0.15, 0.2) is 24.3 Å². The summed E-state index contributed by atoms with van der Waals surface area (Å²) >= 11 is 0. The third-order valence-electron chi connectivity index (χ3n) is 5.81. The fourth-order valence-electron chi connectivity index (χ4n) is 3.95. The number of methoxy groups -OCH3 is 1. The van der Waals surface area contributed by atoms with Crippen molar-refractivity contribution in [2.24, 2.45) is 5.92 Å². The molecule has 7 heteroatoms. The second-order valence-electron chi connectivity index (χ2n) is 8.13. The van der Waals surface area contributed by atoms with Crippen LogP contribution in [0.3, 0.4) is 0 Å². The van der Waals surface area contributed by atoms with E-state index in [1.807, 2.05) is 24.3 Å². The molecule has 7 nitrogen and oxygen atoms in total. The van der Waals surface area contributed by atoms with Crippen LogP contribution in [0, 0.1) is 5.92 Å². The van der Waals surface area contributed by atoms with Crippen LogP contribution in [-0.2, 0) is 19.1 Å². The van der Waals surface area contributed by atoms with Crippen LogP contribution in [0.1, 0.15) is 64.0 Å². The van der Waals surface area contributed by atoms with Gasteiger partial charge in [0.25, 0.3) is 5.91 Å². The number of para-hydroxylation sites is 1. The molecule has 0 radical (unpaired) electrons. The SMILES string of the molecule is CCCCN1C(=O)CC[C@@H](C(=O)O[C@@H](C)C(=O)NC2CC2)[C@@H]1c1ccccc1OC.